The summed E-state index contributed by atoms with van der Waals surface area (Å²) in [4.78, 5) is 25.1. The van der Waals surface area contributed by atoms with Crippen molar-refractivity contribution in [1.82, 2.24) is 29.6 Å². The standard InChI is InChI=1S/C17H23N7O/c1-22(2)15-9-18-14(8-19-15)17(25)23-7-3-4-12(10-23)16-21-20-11-24(16)13-5-6-13/h8-9,11-13H,3-7,10H2,1-2H3. The second-order valence-electron chi connectivity index (χ2n) is 7.07. The molecule has 25 heavy (non-hydrogen) atoms. The lowest BCUT2D eigenvalue weighted by atomic mass is 9.97. The number of hydrogen-bond donors (Lipinski definition) is 0. The van der Waals surface area contributed by atoms with E-state index in [1.807, 2.05) is 30.2 Å². The zero-order valence-electron chi connectivity index (χ0n) is 14.7. The molecular weight excluding hydrogens is 318 g/mol. The number of piperidine rings is 1. The number of rotatable bonds is 4. The fourth-order valence-electron chi connectivity index (χ4n) is 3.37. The summed E-state index contributed by atoms with van der Waals surface area (Å²) in [5.74, 6) is 1.95. The molecule has 0 spiro atoms. The Hall–Kier alpha value is -2.51. The Balaban J connectivity index is 1.48. The van der Waals surface area contributed by atoms with E-state index in [9.17, 15) is 4.79 Å². The Labute approximate surface area is 146 Å². The number of amides is 1. The van der Waals surface area contributed by atoms with Crippen LogP contribution in [0.15, 0.2) is 18.7 Å². The predicted molar refractivity (Wildman–Crippen MR) is 92.5 cm³/mol. The van der Waals surface area contributed by atoms with Crippen molar-refractivity contribution in [2.24, 2.45) is 0 Å². The maximum absolute atomic E-state index is 12.8. The SMILES string of the molecule is CN(C)c1cnc(C(=O)N2CCCC(c3nncn3C3CC3)C2)cn1. The molecule has 2 aromatic heterocycles. The summed E-state index contributed by atoms with van der Waals surface area (Å²) >= 11 is 0. The molecule has 0 aromatic carbocycles. The first-order valence-corrected chi connectivity index (χ1v) is 8.81. The van der Waals surface area contributed by atoms with Gasteiger partial charge in [-0.3, -0.25) is 4.79 Å². The third-order valence-corrected chi connectivity index (χ3v) is 4.93. The monoisotopic (exact) mass is 341 g/mol. The predicted octanol–water partition coefficient (Wildman–Crippen LogP) is 1.49. The first-order valence-electron chi connectivity index (χ1n) is 8.81. The highest BCUT2D eigenvalue weighted by molar-refractivity contribution is 5.92. The van der Waals surface area contributed by atoms with Crippen LogP contribution in [0.5, 0.6) is 0 Å². The maximum Gasteiger partial charge on any atom is 0.274 e. The van der Waals surface area contributed by atoms with Crippen molar-refractivity contribution in [2.75, 3.05) is 32.1 Å². The van der Waals surface area contributed by atoms with E-state index in [1.165, 1.54) is 12.8 Å². The Morgan fingerprint density at radius 1 is 1.20 bits per heavy atom. The van der Waals surface area contributed by atoms with E-state index >= 15 is 0 Å². The number of hydrogen-bond acceptors (Lipinski definition) is 6. The molecule has 0 radical (unpaired) electrons. The molecule has 1 aliphatic carbocycles. The van der Waals surface area contributed by atoms with Gasteiger partial charge in [-0.2, -0.15) is 0 Å². The number of anilines is 1. The van der Waals surface area contributed by atoms with Gasteiger partial charge in [0.2, 0.25) is 0 Å². The van der Waals surface area contributed by atoms with Gasteiger partial charge in [0.1, 0.15) is 23.7 Å². The number of carbonyl (C=O) groups excluding carboxylic acids is 1. The molecule has 1 aliphatic heterocycles. The average molecular weight is 341 g/mol. The third kappa shape index (κ3) is 3.20. The lowest BCUT2D eigenvalue weighted by molar-refractivity contribution is 0.0696. The van der Waals surface area contributed by atoms with Crippen LogP contribution >= 0.6 is 0 Å². The van der Waals surface area contributed by atoms with Crippen molar-refractivity contribution >= 4 is 11.7 Å². The second kappa shape index (κ2) is 6.42. The van der Waals surface area contributed by atoms with Crippen molar-refractivity contribution in [3.8, 4) is 0 Å². The minimum Gasteiger partial charge on any atom is -0.361 e. The number of aromatic nitrogens is 5. The number of carbonyl (C=O) groups is 1. The van der Waals surface area contributed by atoms with E-state index in [0.717, 1.165) is 31.0 Å². The zero-order valence-corrected chi connectivity index (χ0v) is 14.7. The van der Waals surface area contributed by atoms with Crippen LogP contribution in [0.25, 0.3) is 0 Å². The van der Waals surface area contributed by atoms with Gasteiger partial charge in [0, 0.05) is 39.1 Å². The maximum atomic E-state index is 12.8. The van der Waals surface area contributed by atoms with Crippen LogP contribution in [-0.4, -0.2) is 62.7 Å². The Morgan fingerprint density at radius 2 is 2.04 bits per heavy atom. The molecule has 1 saturated carbocycles. The molecule has 1 atom stereocenters. The minimum absolute atomic E-state index is 0.0556. The van der Waals surface area contributed by atoms with E-state index in [4.69, 9.17) is 0 Å². The normalized spacial score (nSPS) is 20.6. The zero-order chi connectivity index (χ0) is 17.4. The quantitative estimate of drug-likeness (QED) is 0.838. The van der Waals surface area contributed by atoms with E-state index in [-0.39, 0.29) is 11.8 Å². The lowest BCUT2D eigenvalue weighted by Crippen LogP contribution is -2.40. The van der Waals surface area contributed by atoms with E-state index < -0.39 is 0 Å². The molecule has 1 saturated heterocycles. The third-order valence-electron chi connectivity index (χ3n) is 4.93. The van der Waals surface area contributed by atoms with Crippen LogP contribution in [0.2, 0.25) is 0 Å². The highest BCUT2D eigenvalue weighted by Gasteiger charge is 2.33. The van der Waals surface area contributed by atoms with Gasteiger partial charge in [0.05, 0.1) is 12.4 Å². The van der Waals surface area contributed by atoms with E-state index in [2.05, 4.69) is 24.7 Å². The van der Waals surface area contributed by atoms with Gasteiger partial charge in [-0.05, 0) is 25.7 Å². The van der Waals surface area contributed by atoms with Gasteiger partial charge in [-0.1, -0.05) is 0 Å². The fraction of sp³-hybridized carbons (Fsp3) is 0.588. The van der Waals surface area contributed by atoms with Crippen LogP contribution in [-0.2, 0) is 0 Å². The largest absolute Gasteiger partial charge is 0.361 e. The van der Waals surface area contributed by atoms with Gasteiger partial charge in [-0.25, -0.2) is 9.97 Å². The Morgan fingerprint density at radius 3 is 2.72 bits per heavy atom. The van der Waals surface area contributed by atoms with Crippen molar-refractivity contribution in [2.45, 2.75) is 37.6 Å². The fourth-order valence-corrected chi connectivity index (χ4v) is 3.37. The molecule has 132 valence electrons. The number of likely N-dealkylation sites (tertiary alicyclic amines) is 1. The molecule has 4 rings (SSSR count). The van der Waals surface area contributed by atoms with Crippen molar-refractivity contribution in [3.63, 3.8) is 0 Å². The summed E-state index contributed by atoms with van der Waals surface area (Å²) in [6.07, 6.45) is 9.45. The molecule has 1 unspecified atom stereocenters. The molecule has 8 nitrogen and oxygen atoms in total. The van der Waals surface area contributed by atoms with Gasteiger partial charge in [0.15, 0.2) is 0 Å². The second-order valence-corrected chi connectivity index (χ2v) is 7.07. The molecule has 3 heterocycles. The Kier molecular flexibility index (Phi) is 4.10. The summed E-state index contributed by atoms with van der Waals surface area (Å²) in [6.45, 7) is 1.42. The average Bonchev–Trinajstić information content (AvgIpc) is 3.37. The van der Waals surface area contributed by atoms with Crippen molar-refractivity contribution in [3.05, 3.63) is 30.2 Å². The van der Waals surface area contributed by atoms with E-state index in [0.29, 0.717) is 18.3 Å². The summed E-state index contributed by atoms with van der Waals surface area (Å²) in [6, 6.07) is 0.556. The molecule has 0 N–H and O–H groups in total. The topological polar surface area (TPSA) is 80.0 Å². The van der Waals surface area contributed by atoms with Gasteiger partial charge < -0.3 is 14.4 Å². The van der Waals surface area contributed by atoms with Crippen molar-refractivity contribution < 1.29 is 4.79 Å². The first-order chi connectivity index (χ1) is 12.1. The molecule has 2 aliphatic rings. The summed E-state index contributed by atoms with van der Waals surface area (Å²) < 4.78 is 2.20. The highest BCUT2D eigenvalue weighted by atomic mass is 16.2. The molecular formula is C17H23N7O. The van der Waals surface area contributed by atoms with Crippen LogP contribution in [0, 0.1) is 0 Å². The molecule has 0 bridgehead atoms. The van der Waals surface area contributed by atoms with Crippen LogP contribution in [0.3, 0.4) is 0 Å². The van der Waals surface area contributed by atoms with Gasteiger partial charge in [0.25, 0.3) is 5.91 Å². The number of nitrogens with zero attached hydrogens (tertiary/aromatic N) is 7. The van der Waals surface area contributed by atoms with Crippen molar-refractivity contribution in [1.29, 1.82) is 0 Å². The first kappa shape index (κ1) is 16.0. The lowest BCUT2D eigenvalue weighted by Gasteiger charge is -2.32. The smallest absolute Gasteiger partial charge is 0.274 e. The van der Waals surface area contributed by atoms with E-state index in [1.54, 1.807) is 12.4 Å². The molecule has 2 aromatic rings. The van der Waals surface area contributed by atoms with Crippen LogP contribution in [0.4, 0.5) is 5.82 Å². The van der Waals surface area contributed by atoms with Gasteiger partial charge in [-0.15, -0.1) is 10.2 Å². The summed E-state index contributed by atoms with van der Waals surface area (Å²) in [5.41, 5.74) is 0.398. The molecule has 8 heteroatoms. The Bertz CT molecular complexity index is 751. The highest BCUT2D eigenvalue weighted by Crippen LogP contribution is 2.38. The summed E-state index contributed by atoms with van der Waals surface area (Å²) in [5, 5.41) is 8.44. The summed E-state index contributed by atoms with van der Waals surface area (Å²) in [7, 11) is 3.80. The van der Waals surface area contributed by atoms with Gasteiger partial charge >= 0.3 is 0 Å². The van der Waals surface area contributed by atoms with Crippen LogP contribution < -0.4 is 4.90 Å². The molecule has 2 fully saturated rings. The van der Waals surface area contributed by atoms with Crippen LogP contribution in [0.1, 0.15) is 54.0 Å². The molecule has 1 amide bonds. The minimum atomic E-state index is -0.0556.